The van der Waals surface area contributed by atoms with Gasteiger partial charge in [-0.25, -0.2) is 0 Å². The zero-order valence-corrected chi connectivity index (χ0v) is 15.7. The van der Waals surface area contributed by atoms with Gasteiger partial charge in [0.1, 0.15) is 11.4 Å². The molecule has 4 nitrogen and oxygen atoms in total. The van der Waals surface area contributed by atoms with E-state index < -0.39 is 0 Å². The molecule has 0 aromatic heterocycles. The van der Waals surface area contributed by atoms with Crippen LogP contribution in [0.2, 0.25) is 0 Å². The highest BCUT2D eigenvalue weighted by molar-refractivity contribution is 5.35. The van der Waals surface area contributed by atoms with Crippen LogP contribution in [0.15, 0.2) is 24.3 Å². The summed E-state index contributed by atoms with van der Waals surface area (Å²) in [5.74, 6) is 1.11. The third-order valence-corrected chi connectivity index (χ3v) is 6.47. The van der Waals surface area contributed by atoms with Crippen LogP contribution in [0.5, 0.6) is 5.75 Å². The molecule has 0 N–H and O–H groups in total. The first kappa shape index (κ1) is 17.3. The van der Waals surface area contributed by atoms with Gasteiger partial charge in [0.05, 0.1) is 0 Å². The van der Waals surface area contributed by atoms with Gasteiger partial charge >= 0.3 is 0 Å². The number of ether oxygens (including phenoxy) is 2. The van der Waals surface area contributed by atoms with E-state index in [0.29, 0.717) is 12.1 Å². The highest BCUT2D eigenvalue weighted by Crippen LogP contribution is 2.40. The van der Waals surface area contributed by atoms with Crippen molar-refractivity contribution in [1.29, 1.82) is 0 Å². The molecule has 138 valence electrons. The Morgan fingerprint density at radius 1 is 1.04 bits per heavy atom. The molecule has 2 heterocycles. The highest BCUT2D eigenvalue weighted by atomic mass is 16.5. The molecular weight excluding hydrogens is 312 g/mol. The molecule has 0 radical (unpaired) electrons. The van der Waals surface area contributed by atoms with E-state index in [4.69, 9.17) is 9.47 Å². The van der Waals surface area contributed by atoms with Gasteiger partial charge in [-0.05, 0) is 58.7 Å². The minimum absolute atomic E-state index is 0.0165. The summed E-state index contributed by atoms with van der Waals surface area (Å²) in [7, 11) is 4.42. The van der Waals surface area contributed by atoms with E-state index in [1.165, 1.54) is 18.4 Å². The average molecular weight is 344 g/mol. The SMILES string of the molecule is CN(C)C1CCC2(CC1)CN(C1CCOCC1)Cc1ccccc1O2. The van der Waals surface area contributed by atoms with Gasteiger partial charge in [0.25, 0.3) is 0 Å². The van der Waals surface area contributed by atoms with Crippen molar-refractivity contribution in [2.24, 2.45) is 0 Å². The zero-order chi connectivity index (χ0) is 17.3. The quantitative estimate of drug-likeness (QED) is 0.822. The lowest BCUT2D eigenvalue weighted by atomic mass is 9.80. The number of nitrogens with zero attached hydrogens (tertiary/aromatic N) is 2. The predicted molar refractivity (Wildman–Crippen MR) is 100.0 cm³/mol. The molecule has 4 heteroatoms. The maximum absolute atomic E-state index is 6.74. The number of rotatable bonds is 2. The number of fused-ring (bicyclic) bond motifs is 1. The van der Waals surface area contributed by atoms with Gasteiger partial charge < -0.3 is 14.4 Å². The van der Waals surface area contributed by atoms with Gasteiger partial charge in [0.2, 0.25) is 0 Å². The number of hydrogen-bond acceptors (Lipinski definition) is 4. The van der Waals surface area contributed by atoms with Crippen LogP contribution in [0.3, 0.4) is 0 Å². The van der Waals surface area contributed by atoms with Gasteiger partial charge in [-0.3, -0.25) is 4.90 Å². The van der Waals surface area contributed by atoms with Crippen molar-refractivity contribution in [1.82, 2.24) is 9.80 Å². The fourth-order valence-electron chi connectivity index (χ4n) is 4.86. The van der Waals surface area contributed by atoms with E-state index >= 15 is 0 Å². The van der Waals surface area contributed by atoms with E-state index in [2.05, 4.69) is 48.2 Å². The standard InChI is InChI=1S/C21H32N2O2/c1-22(2)18-7-11-21(12-8-18)16-23(19-9-13-24-14-10-19)15-17-5-3-4-6-20(17)25-21/h3-6,18-19H,7-16H2,1-2H3. The molecule has 1 saturated carbocycles. The monoisotopic (exact) mass is 344 g/mol. The average Bonchev–Trinajstić information content (AvgIpc) is 2.79. The Bertz CT molecular complexity index is 575. The number of benzene rings is 1. The Kier molecular flexibility index (Phi) is 5.03. The molecule has 3 aliphatic rings. The van der Waals surface area contributed by atoms with Gasteiger partial charge in [0.15, 0.2) is 0 Å². The first-order valence-electron chi connectivity index (χ1n) is 9.90. The predicted octanol–water partition coefficient (Wildman–Crippen LogP) is 3.30. The molecule has 1 aliphatic carbocycles. The van der Waals surface area contributed by atoms with E-state index in [0.717, 1.165) is 57.7 Å². The minimum atomic E-state index is -0.0165. The molecule has 0 atom stereocenters. The molecule has 25 heavy (non-hydrogen) atoms. The molecule has 1 aromatic rings. The Balaban J connectivity index is 1.58. The molecule has 2 aliphatic heterocycles. The second-order valence-corrected chi connectivity index (χ2v) is 8.34. The molecule has 1 saturated heterocycles. The molecule has 0 unspecified atom stereocenters. The van der Waals surface area contributed by atoms with Crippen LogP contribution in [-0.2, 0) is 11.3 Å². The zero-order valence-electron chi connectivity index (χ0n) is 15.7. The highest BCUT2D eigenvalue weighted by Gasteiger charge is 2.42. The lowest BCUT2D eigenvalue weighted by Crippen LogP contribution is -2.53. The minimum Gasteiger partial charge on any atom is -0.486 e. The molecule has 0 amide bonds. The second kappa shape index (κ2) is 7.26. The van der Waals surface area contributed by atoms with Crippen molar-refractivity contribution in [2.45, 2.75) is 62.8 Å². The fraction of sp³-hybridized carbons (Fsp3) is 0.714. The summed E-state index contributed by atoms with van der Waals surface area (Å²) in [6.07, 6.45) is 7.08. The Hall–Kier alpha value is -1.10. The van der Waals surface area contributed by atoms with Gasteiger partial charge in [-0.15, -0.1) is 0 Å². The van der Waals surface area contributed by atoms with Gasteiger partial charge in [-0.2, -0.15) is 0 Å². The lowest BCUT2D eigenvalue weighted by molar-refractivity contribution is -0.0372. The molecule has 2 fully saturated rings. The first-order chi connectivity index (χ1) is 12.2. The molecular formula is C21H32N2O2. The van der Waals surface area contributed by atoms with Crippen LogP contribution >= 0.6 is 0 Å². The fourth-order valence-corrected chi connectivity index (χ4v) is 4.86. The van der Waals surface area contributed by atoms with Crippen molar-refractivity contribution >= 4 is 0 Å². The summed E-state index contributed by atoms with van der Waals surface area (Å²) in [6, 6.07) is 10.00. The molecule has 1 aromatic carbocycles. The van der Waals surface area contributed by atoms with Crippen LogP contribution < -0.4 is 4.74 Å². The Morgan fingerprint density at radius 2 is 1.76 bits per heavy atom. The molecule has 0 bridgehead atoms. The summed E-state index contributed by atoms with van der Waals surface area (Å²) in [5, 5.41) is 0. The molecule has 4 rings (SSSR count). The first-order valence-corrected chi connectivity index (χ1v) is 9.90. The molecule has 1 spiro atoms. The number of hydrogen-bond donors (Lipinski definition) is 0. The van der Waals surface area contributed by atoms with E-state index in [1.54, 1.807) is 0 Å². The smallest absolute Gasteiger partial charge is 0.124 e. The van der Waals surface area contributed by atoms with Gasteiger partial charge in [-0.1, -0.05) is 18.2 Å². The van der Waals surface area contributed by atoms with E-state index in [1.807, 2.05) is 0 Å². The van der Waals surface area contributed by atoms with Crippen molar-refractivity contribution in [3.05, 3.63) is 29.8 Å². The van der Waals surface area contributed by atoms with Crippen LogP contribution in [0.4, 0.5) is 0 Å². The summed E-state index contributed by atoms with van der Waals surface area (Å²) >= 11 is 0. The lowest BCUT2D eigenvalue weighted by Gasteiger charge is -2.44. The third kappa shape index (κ3) is 3.71. The normalized spacial score (nSPS) is 31.6. The maximum Gasteiger partial charge on any atom is 0.124 e. The summed E-state index contributed by atoms with van der Waals surface area (Å²) in [5.41, 5.74) is 1.33. The topological polar surface area (TPSA) is 24.9 Å². The summed E-state index contributed by atoms with van der Waals surface area (Å²) < 4.78 is 12.3. The maximum atomic E-state index is 6.74. The largest absolute Gasteiger partial charge is 0.486 e. The number of para-hydroxylation sites is 1. The third-order valence-electron chi connectivity index (χ3n) is 6.47. The van der Waals surface area contributed by atoms with E-state index in [9.17, 15) is 0 Å². The van der Waals surface area contributed by atoms with Gasteiger partial charge in [0, 0.05) is 44.0 Å². The van der Waals surface area contributed by atoms with Crippen molar-refractivity contribution in [3.8, 4) is 5.75 Å². The summed E-state index contributed by atoms with van der Waals surface area (Å²) in [6.45, 7) is 3.88. The van der Waals surface area contributed by atoms with Crippen LogP contribution in [-0.4, -0.2) is 61.3 Å². The van der Waals surface area contributed by atoms with Crippen LogP contribution in [0, 0.1) is 0 Å². The van der Waals surface area contributed by atoms with E-state index in [-0.39, 0.29) is 5.60 Å². The summed E-state index contributed by atoms with van der Waals surface area (Å²) in [4.78, 5) is 5.08. The Labute approximate surface area is 152 Å². The Morgan fingerprint density at radius 3 is 2.48 bits per heavy atom. The van der Waals surface area contributed by atoms with Crippen molar-refractivity contribution in [2.75, 3.05) is 33.9 Å². The second-order valence-electron chi connectivity index (χ2n) is 8.34. The van der Waals surface area contributed by atoms with Crippen molar-refractivity contribution in [3.63, 3.8) is 0 Å². The van der Waals surface area contributed by atoms with Crippen LogP contribution in [0.1, 0.15) is 44.1 Å². The van der Waals surface area contributed by atoms with Crippen LogP contribution in [0.25, 0.3) is 0 Å². The van der Waals surface area contributed by atoms with Crippen molar-refractivity contribution < 1.29 is 9.47 Å².